The van der Waals surface area contributed by atoms with Crippen LogP contribution in [0.15, 0.2) is 51.7 Å². The van der Waals surface area contributed by atoms with Gasteiger partial charge in [-0.3, -0.25) is 9.59 Å². The largest absolute Gasteiger partial charge is 0.461 e. The highest BCUT2D eigenvalue weighted by Crippen LogP contribution is 2.27. The molecular formula is C24H23NO5. The number of anilines is 1. The molecule has 0 radical (unpaired) electrons. The van der Waals surface area contributed by atoms with Crippen molar-refractivity contribution in [2.45, 2.75) is 33.8 Å². The highest BCUT2D eigenvalue weighted by atomic mass is 16.5. The maximum atomic E-state index is 12.6. The van der Waals surface area contributed by atoms with E-state index in [9.17, 15) is 14.4 Å². The van der Waals surface area contributed by atoms with Gasteiger partial charge in [-0.2, -0.15) is 0 Å². The fourth-order valence-electron chi connectivity index (χ4n) is 3.71. The van der Waals surface area contributed by atoms with E-state index in [0.29, 0.717) is 11.1 Å². The molecule has 0 N–H and O–H groups in total. The molecular weight excluding hydrogens is 382 g/mol. The van der Waals surface area contributed by atoms with E-state index in [-0.39, 0.29) is 25.5 Å². The van der Waals surface area contributed by atoms with Crippen LogP contribution in [0.25, 0.3) is 11.0 Å². The molecule has 1 amide bonds. The van der Waals surface area contributed by atoms with Crippen molar-refractivity contribution >= 4 is 28.5 Å². The Hall–Kier alpha value is -3.41. The van der Waals surface area contributed by atoms with Crippen LogP contribution in [0.5, 0.6) is 0 Å². The van der Waals surface area contributed by atoms with E-state index in [1.54, 1.807) is 4.90 Å². The third-order valence-corrected chi connectivity index (χ3v) is 5.62. The Kier molecular flexibility index (Phi) is 5.16. The lowest BCUT2D eigenvalue weighted by Gasteiger charge is -2.17. The summed E-state index contributed by atoms with van der Waals surface area (Å²) >= 11 is 0. The molecule has 1 aliphatic heterocycles. The van der Waals surface area contributed by atoms with Crippen LogP contribution < -0.4 is 10.5 Å². The van der Waals surface area contributed by atoms with Gasteiger partial charge in [-0.05, 0) is 56.2 Å². The number of esters is 1. The third kappa shape index (κ3) is 3.85. The van der Waals surface area contributed by atoms with Crippen LogP contribution in [-0.4, -0.2) is 18.4 Å². The van der Waals surface area contributed by atoms with Crippen molar-refractivity contribution < 1.29 is 18.7 Å². The summed E-state index contributed by atoms with van der Waals surface area (Å²) in [5, 5.41) is 0.745. The van der Waals surface area contributed by atoms with E-state index >= 15 is 0 Å². The average molecular weight is 405 g/mol. The number of fused-ring (bicyclic) bond motifs is 1. The number of hydrogen-bond acceptors (Lipinski definition) is 5. The lowest BCUT2D eigenvalue weighted by molar-refractivity contribution is -0.149. The minimum absolute atomic E-state index is 0.0430. The summed E-state index contributed by atoms with van der Waals surface area (Å²) in [6, 6.07) is 12.7. The zero-order valence-corrected chi connectivity index (χ0v) is 17.2. The van der Waals surface area contributed by atoms with Gasteiger partial charge in [0.05, 0.1) is 5.92 Å². The number of rotatable bonds is 4. The Bertz CT molecular complexity index is 1190. The standard InChI is InChI=1S/C24H23NO5/c1-14-4-6-19(7-5-14)25-12-17(10-22(25)26)24(28)29-13-18-11-23(27)30-21-9-16(3)15(2)8-20(18)21/h4-9,11,17H,10,12-13H2,1-3H3/t17-/m0/s1. The van der Waals surface area contributed by atoms with Crippen LogP contribution in [0.3, 0.4) is 0 Å². The molecule has 2 aromatic carbocycles. The number of aryl methyl sites for hydroxylation is 3. The topological polar surface area (TPSA) is 76.8 Å². The lowest BCUT2D eigenvalue weighted by atomic mass is 10.0. The van der Waals surface area contributed by atoms with Gasteiger partial charge in [0.2, 0.25) is 5.91 Å². The first-order valence-electron chi connectivity index (χ1n) is 9.89. The fourth-order valence-corrected chi connectivity index (χ4v) is 3.71. The third-order valence-electron chi connectivity index (χ3n) is 5.62. The molecule has 0 spiro atoms. The number of ether oxygens (including phenoxy) is 1. The summed E-state index contributed by atoms with van der Waals surface area (Å²) < 4.78 is 10.8. The van der Waals surface area contributed by atoms with Crippen molar-refractivity contribution in [1.29, 1.82) is 0 Å². The van der Waals surface area contributed by atoms with Gasteiger partial charge in [0, 0.05) is 35.7 Å². The summed E-state index contributed by atoms with van der Waals surface area (Å²) in [5.74, 6) is -1.07. The maximum Gasteiger partial charge on any atom is 0.336 e. The van der Waals surface area contributed by atoms with Crippen molar-refractivity contribution in [2.75, 3.05) is 11.4 Å². The Morgan fingerprint density at radius 2 is 1.77 bits per heavy atom. The first-order valence-corrected chi connectivity index (χ1v) is 9.89. The van der Waals surface area contributed by atoms with Crippen LogP contribution in [0.2, 0.25) is 0 Å². The van der Waals surface area contributed by atoms with Crippen LogP contribution in [-0.2, 0) is 20.9 Å². The number of carbonyl (C=O) groups excluding carboxylic acids is 2. The zero-order chi connectivity index (χ0) is 21.4. The molecule has 6 nitrogen and oxygen atoms in total. The molecule has 1 aliphatic rings. The molecule has 0 unspecified atom stereocenters. The Balaban J connectivity index is 1.49. The molecule has 154 valence electrons. The smallest absolute Gasteiger partial charge is 0.336 e. The quantitative estimate of drug-likeness (QED) is 0.487. The van der Waals surface area contributed by atoms with Gasteiger partial charge in [-0.1, -0.05) is 17.7 Å². The van der Waals surface area contributed by atoms with Crippen molar-refractivity contribution in [1.82, 2.24) is 0 Å². The first kappa shape index (κ1) is 19.9. The van der Waals surface area contributed by atoms with E-state index in [2.05, 4.69) is 0 Å². The molecule has 0 saturated carbocycles. The molecule has 1 aromatic heterocycles. The molecule has 0 aliphatic carbocycles. The highest BCUT2D eigenvalue weighted by molar-refractivity contribution is 5.99. The summed E-state index contributed by atoms with van der Waals surface area (Å²) in [5.41, 5.74) is 4.53. The van der Waals surface area contributed by atoms with E-state index in [1.807, 2.05) is 57.2 Å². The van der Waals surface area contributed by atoms with Crippen molar-refractivity contribution in [2.24, 2.45) is 5.92 Å². The first-order chi connectivity index (χ1) is 14.3. The average Bonchev–Trinajstić information content (AvgIpc) is 3.09. The second kappa shape index (κ2) is 7.78. The van der Waals surface area contributed by atoms with Gasteiger partial charge in [-0.15, -0.1) is 0 Å². The second-order valence-electron chi connectivity index (χ2n) is 7.87. The van der Waals surface area contributed by atoms with E-state index in [0.717, 1.165) is 27.8 Å². The molecule has 6 heteroatoms. The van der Waals surface area contributed by atoms with Crippen molar-refractivity contribution in [3.05, 3.63) is 75.1 Å². The van der Waals surface area contributed by atoms with Gasteiger partial charge < -0.3 is 14.1 Å². The molecule has 3 aromatic rings. The molecule has 0 bridgehead atoms. The number of nitrogens with zero attached hydrogens (tertiary/aromatic N) is 1. The fraction of sp³-hybridized carbons (Fsp3) is 0.292. The molecule has 1 atom stereocenters. The summed E-state index contributed by atoms with van der Waals surface area (Å²) in [4.78, 5) is 38.6. The molecule has 2 heterocycles. The number of carbonyl (C=O) groups is 2. The molecule has 1 saturated heterocycles. The van der Waals surface area contributed by atoms with Gasteiger partial charge in [-0.25, -0.2) is 4.79 Å². The van der Waals surface area contributed by atoms with Gasteiger partial charge in [0.15, 0.2) is 0 Å². The number of hydrogen-bond donors (Lipinski definition) is 0. The van der Waals surface area contributed by atoms with Gasteiger partial charge in [0.1, 0.15) is 12.2 Å². The van der Waals surface area contributed by atoms with Gasteiger partial charge in [0.25, 0.3) is 0 Å². The minimum atomic E-state index is -0.533. The number of benzene rings is 2. The van der Waals surface area contributed by atoms with Crippen LogP contribution in [0.1, 0.15) is 28.7 Å². The van der Waals surface area contributed by atoms with Gasteiger partial charge >= 0.3 is 11.6 Å². The molecule has 1 fully saturated rings. The minimum Gasteiger partial charge on any atom is -0.461 e. The highest BCUT2D eigenvalue weighted by Gasteiger charge is 2.36. The SMILES string of the molecule is Cc1ccc(N2C[C@@H](C(=O)OCc3cc(=O)oc4cc(C)c(C)cc34)CC2=O)cc1. The van der Waals surface area contributed by atoms with Crippen molar-refractivity contribution in [3.63, 3.8) is 0 Å². The van der Waals surface area contributed by atoms with Crippen molar-refractivity contribution in [3.8, 4) is 0 Å². The molecule has 30 heavy (non-hydrogen) atoms. The monoisotopic (exact) mass is 405 g/mol. The predicted molar refractivity (Wildman–Crippen MR) is 113 cm³/mol. The van der Waals surface area contributed by atoms with E-state index in [1.165, 1.54) is 6.07 Å². The van der Waals surface area contributed by atoms with Crippen LogP contribution in [0, 0.1) is 26.7 Å². The maximum absolute atomic E-state index is 12.6. The summed E-state index contributed by atoms with van der Waals surface area (Å²) in [6.45, 7) is 6.14. The van der Waals surface area contributed by atoms with Crippen LogP contribution in [0.4, 0.5) is 5.69 Å². The zero-order valence-electron chi connectivity index (χ0n) is 17.2. The predicted octanol–water partition coefficient (Wildman–Crippen LogP) is 3.81. The summed E-state index contributed by atoms with van der Waals surface area (Å²) in [7, 11) is 0. The Morgan fingerprint density at radius 1 is 1.07 bits per heavy atom. The summed E-state index contributed by atoms with van der Waals surface area (Å²) in [6.07, 6.45) is 0.114. The van der Waals surface area contributed by atoms with E-state index < -0.39 is 17.5 Å². The normalized spacial score (nSPS) is 16.3. The Labute approximate surface area is 174 Å². The molecule has 4 rings (SSSR count). The lowest BCUT2D eigenvalue weighted by Crippen LogP contribution is -2.26. The number of amides is 1. The van der Waals surface area contributed by atoms with Crippen LogP contribution >= 0.6 is 0 Å². The Morgan fingerprint density at radius 3 is 2.50 bits per heavy atom. The second-order valence-corrected chi connectivity index (χ2v) is 7.87. The van der Waals surface area contributed by atoms with E-state index in [4.69, 9.17) is 9.15 Å².